The molecule has 1 aliphatic rings. The average molecular weight is 259 g/mol. The molecule has 0 aliphatic heterocycles. The second kappa shape index (κ2) is 5.58. The van der Waals surface area contributed by atoms with Crippen LogP contribution in [0.4, 0.5) is 5.82 Å². The topological polar surface area (TPSA) is 60.2 Å². The third-order valence-corrected chi connectivity index (χ3v) is 3.96. The molecule has 1 aromatic rings. The number of rotatable bonds is 2. The normalized spacial score (nSPS) is 22.9. The fraction of sp³-hybridized carbons (Fsp3) is 0.600. The van der Waals surface area contributed by atoms with Crippen molar-refractivity contribution in [3.05, 3.63) is 22.9 Å². The molecule has 0 spiro atoms. The largest absolute Gasteiger partial charge is 0.391 e. The zero-order chi connectivity index (χ0) is 14.0. The van der Waals surface area contributed by atoms with Crippen molar-refractivity contribution in [3.8, 4) is 6.07 Å². The second-order valence-electron chi connectivity index (χ2n) is 5.42. The van der Waals surface area contributed by atoms with Gasteiger partial charge in [-0.2, -0.15) is 5.26 Å². The Hall–Kier alpha value is -1.60. The average Bonchev–Trinajstić information content (AvgIpc) is 2.37. The zero-order valence-corrected chi connectivity index (χ0v) is 11.8. The molecule has 4 nitrogen and oxygen atoms in total. The summed E-state index contributed by atoms with van der Waals surface area (Å²) in [6.07, 6.45) is 3.67. The van der Waals surface area contributed by atoms with Crippen LogP contribution in [0.3, 0.4) is 0 Å². The summed E-state index contributed by atoms with van der Waals surface area (Å²) in [6.45, 7) is 3.87. The van der Waals surface area contributed by atoms with Crippen LogP contribution in [0.1, 0.15) is 42.5 Å². The molecule has 1 fully saturated rings. The van der Waals surface area contributed by atoms with Crippen LogP contribution in [0.2, 0.25) is 0 Å². The number of anilines is 1. The van der Waals surface area contributed by atoms with E-state index in [4.69, 9.17) is 0 Å². The first-order chi connectivity index (χ1) is 9.04. The first kappa shape index (κ1) is 13.8. The number of pyridine rings is 1. The van der Waals surface area contributed by atoms with Crippen LogP contribution in [0, 0.1) is 25.2 Å². The molecule has 0 amide bonds. The van der Waals surface area contributed by atoms with Gasteiger partial charge in [-0.3, -0.25) is 0 Å². The first-order valence-corrected chi connectivity index (χ1v) is 6.84. The van der Waals surface area contributed by atoms with Gasteiger partial charge in [0.2, 0.25) is 0 Å². The molecule has 2 rings (SSSR count). The molecule has 102 valence electrons. The van der Waals surface area contributed by atoms with E-state index < -0.39 is 0 Å². The van der Waals surface area contributed by atoms with E-state index in [1.165, 1.54) is 0 Å². The summed E-state index contributed by atoms with van der Waals surface area (Å²) in [7, 11) is 1.93. The van der Waals surface area contributed by atoms with Gasteiger partial charge in [0.15, 0.2) is 0 Å². The fourth-order valence-corrected chi connectivity index (χ4v) is 2.91. The summed E-state index contributed by atoms with van der Waals surface area (Å²) >= 11 is 0. The minimum absolute atomic E-state index is 0.0644. The number of hydrogen-bond acceptors (Lipinski definition) is 4. The lowest BCUT2D eigenvalue weighted by molar-refractivity contribution is 0.106. The highest BCUT2D eigenvalue weighted by Gasteiger charge is 2.29. The number of nitriles is 1. The van der Waals surface area contributed by atoms with E-state index in [1.54, 1.807) is 0 Å². The lowest BCUT2D eigenvalue weighted by Gasteiger charge is -2.36. The quantitative estimate of drug-likeness (QED) is 0.885. The maximum absolute atomic E-state index is 10.2. The Labute approximate surface area is 114 Å². The predicted octanol–water partition coefficient (Wildman–Crippen LogP) is 2.31. The molecule has 4 heteroatoms. The van der Waals surface area contributed by atoms with Crippen LogP contribution in [-0.4, -0.2) is 29.3 Å². The monoisotopic (exact) mass is 259 g/mol. The number of aromatic nitrogens is 1. The Morgan fingerprint density at radius 3 is 2.68 bits per heavy atom. The Bertz CT molecular complexity index is 507. The lowest BCUT2D eigenvalue weighted by Crippen LogP contribution is -2.44. The second-order valence-corrected chi connectivity index (χ2v) is 5.42. The number of nitrogens with zero attached hydrogens (tertiary/aromatic N) is 3. The van der Waals surface area contributed by atoms with Gasteiger partial charge in [-0.1, -0.05) is 12.8 Å². The molecule has 1 saturated carbocycles. The number of hydrogen-bond donors (Lipinski definition) is 1. The van der Waals surface area contributed by atoms with Crippen molar-refractivity contribution in [1.29, 1.82) is 5.26 Å². The van der Waals surface area contributed by atoms with Gasteiger partial charge in [0.05, 0.1) is 17.7 Å². The molecule has 2 atom stereocenters. The van der Waals surface area contributed by atoms with E-state index >= 15 is 0 Å². The third-order valence-electron chi connectivity index (χ3n) is 3.96. The molecule has 2 unspecified atom stereocenters. The smallest absolute Gasteiger partial charge is 0.147 e. The molecule has 0 saturated heterocycles. The summed E-state index contributed by atoms with van der Waals surface area (Å²) in [6, 6.07) is 4.23. The van der Waals surface area contributed by atoms with Crippen molar-refractivity contribution >= 4 is 5.82 Å². The summed E-state index contributed by atoms with van der Waals surface area (Å²) in [5.41, 5.74) is 2.47. The Kier molecular flexibility index (Phi) is 4.06. The van der Waals surface area contributed by atoms with Crippen LogP contribution in [0.25, 0.3) is 0 Å². The van der Waals surface area contributed by atoms with Crippen molar-refractivity contribution < 1.29 is 5.11 Å². The number of likely N-dealkylation sites (N-methyl/N-ethyl adjacent to an activating group) is 1. The summed E-state index contributed by atoms with van der Waals surface area (Å²) in [5.74, 6) is 0.700. The van der Waals surface area contributed by atoms with Gasteiger partial charge in [-0.15, -0.1) is 0 Å². The third kappa shape index (κ3) is 2.71. The molecule has 1 heterocycles. The highest BCUT2D eigenvalue weighted by Crippen LogP contribution is 2.28. The summed E-state index contributed by atoms with van der Waals surface area (Å²) < 4.78 is 0. The number of aliphatic hydroxyl groups is 1. The molecule has 1 aliphatic carbocycles. The Morgan fingerprint density at radius 1 is 1.37 bits per heavy atom. The van der Waals surface area contributed by atoms with Crippen molar-refractivity contribution in [1.82, 2.24) is 4.98 Å². The highest BCUT2D eigenvalue weighted by molar-refractivity contribution is 5.58. The van der Waals surface area contributed by atoms with E-state index in [0.717, 1.165) is 36.9 Å². The van der Waals surface area contributed by atoms with Gasteiger partial charge < -0.3 is 10.0 Å². The van der Waals surface area contributed by atoms with Gasteiger partial charge in [-0.25, -0.2) is 4.98 Å². The Balaban J connectivity index is 2.38. The van der Waals surface area contributed by atoms with Crippen LogP contribution in [-0.2, 0) is 0 Å². The minimum Gasteiger partial charge on any atom is -0.391 e. The van der Waals surface area contributed by atoms with E-state index in [1.807, 2.05) is 31.9 Å². The van der Waals surface area contributed by atoms with Gasteiger partial charge in [0.25, 0.3) is 0 Å². The molecular weight excluding hydrogens is 238 g/mol. The summed E-state index contributed by atoms with van der Waals surface area (Å²) in [4.78, 5) is 6.50. The van der Waals surface area contributed by atoms with Gasteiger partial charge in [0.1, 0.15) is 11.9 Å². The van der Waals surface area contributed by atoms with Crippen molar-refractivity contribution in [3.63, 3.8) is 0 Å². The van der Waals surface area contributed by atoms with Crippen LogP contribution in [0.5, 0.6) is 0 Å². The van der Waals surface area contributed by atoms with E-state index in [9.17, 15) is 10.4 Å². The maximum Gasteiger partial charge on any atom is 0.147 e. The van der Waals surface area contributed by atoms with Crippen LogP contribution < -0.4 is 4.90 Å². The molecule has 0 bridgehead atoms. The molecule has 1 aromatic heterocycles. The molecule has 1 N–H and O–H groups in total. The fourth-order valence-electron chi connectivity index (χ4n) is 2.91. The standard InChI is InChI=1S/C15H21N3O/c1-10-8-11(2)17-15(12(10)9-16)18(3)13-6-4-5-7-14(13)19/h8,13-14,19H,4-7H2,1-3H3. The van der Waals surface area contributed by atoms with Crippen molar-refractivity contribution in [2.75, 3.05) is 11.9 Å². The number of aliphatic hydroxyl groups excluding tert-OH is 1. The van der Waals surface area contributed by atoms with Crippen LogP contribution >= 0.6 is 0 Å². The Morgan fingerprint density at radius 2 is 2.05 bits per heavy atom. The summed E-state index contributed by atoms with van der Waals surface area (Å²) in [5, 5.41) is 19.5. The lowest BCUT2D eigenvalue weighted by atomic mass is 9.91. The maximum atomic E-state index is 10.2. The minimum atomic E-state index is -0.326. The molecule has 0 radical (unpaired) electrons. The first-order valence-electron chi connectivity index (χ1n) is 6.84. The van der Waals surface area contributed by atoms with Crippen LogP contribution in [0.15, 0.2) is 6.07 Å². The zero-order valence-electron chi connectivity index (χ0n) is 11.8. The van der Waals surface area contributed by atoms with Crippen molar-refractivity contribution in [2.24, 2.45) is 0 Å². The van der Waals surface area contributed by atoms with Gasteiger partial charge in [-0.05, 0) is 38.3 Å². The van der Waals surface area contributed by atoms with Gasteiger partial charge in [0, 0.05) is 12.7 Å². The molecular formula is C15H21N3O. The SMILES string of the molecule is Cc1cc(C)c(C#N)c(N(C)C2CCCCC2O)n1. The van der Waals surface area contributed by atoms with Crippen molar-refractivity contribution in [2.45, 2.75) is 51.7 Å². The number of aryl methyl sites for hydroxylation is 2. The molecule has 19 heavy (non-hydrogen) atoms. The van der Waals surface area contributed by atoms with Gasteiger partial charge >= 0.3 is 0 Å². The van der Waals surface area contributed by atoms with E-state index in [0.29, 0.717) is 11.4 Å². The molecule has 0 aromatic carbocycles. The van der Waals surface area contributed by atoms with E-state index in [-0.39, 0.29) is 12.1 Å². The highest BCUT2D eigenvalue weighted by atomic mass is 16.3. The predicted molar refractivity (Wildman–Crippen MR) is 75.1 cm³/mol. The van der Waals surface area contributed by atoms with E-state index in [2.05, 4.69) is 11.1 Å².